The van der Waals surface area contributed by atoms with Crippen LogP contribution in [0.15, 0.2) is 23.1 Å². The first-order valence-electron chi connectivity index (χ1n) is 5.99. The minimum atomic E-state index is -3.76. The summed E-state index contributed by atoms with van der Waals surface area (Å²) >= 11 is 0. The predicted molar refractivity (Wildman–Crippen MR) is 76.0 cm³/mol. The molecule has 1 atom stereocenters. The largest absolute Gasteiger partial charge is 0.349 e. The molecule has 1 amide bonds. The Morgan fingerprint density at radius 2 is 1.84 bits per heavy atom. The molecule has 1 rings (SSSR count). The van der Waals surface area contributed by atoms with E-state index in [2.05, 4.69) is 5.32 Å². The van der Waals surface area contributed by atoms with E-state index in [4.69, 9.17) is 10.7 Å². The summed E-state index contributed by atoms with van der Waals surface area (Å²) in [6, 6.07) is 4.26. The van der Waals surface area contributed by atoms with Crippen LogP contribution in [0, 0.1) is 12.8 Å². The third-order valence-electron chi connectivity index (χ3n) is 3.08. The molecule has 19 heavy (non-hydrogen) atoms. The standard InChI is InChI=1S/C13H18ClNO3S/c1-8(2)10(4)15-13(16)12-6-5-11(7-9(12)3)19(14,17)18/h5-8,10H,1-4H3,(H,15,16). The van der Waals surface area contributed by atoms with E-state index in [9.17, 15) is 13.2 Å². The Labute approximate surface area is 118 Å². The van der Waals surface area contributed by atoms with Gasteiger partial charge in [0.05, 0.1) is 4.90 Å². The molecule has 1 aromatic carbocycles. The highest BCUT2D eigenvalue weighted by molar-refractivity contribution is 8.13. The molecule has 1 N–H and O–H groups in total. The fraction of sp³-hybridized carbons (Fsp3) is 0.462. The summed E-state index contributed by atoms with van der Waals surface area (Å²) in [5.41, 5.74) is 1.03. The van der Waals surface area contributed by atoms with Crippen LogP contribution in [0.4, 0.5) is 0 Å². The lowest BCUT2D eigenvalue weighted by molar-refractivity contribution is 0.0930. The smallest absolute Gasteiger partial charge is 0.261 e. The summed E-state index contributed by atoms with van der Waals surface area (Å²) in [4.78, 5) is 12.0. The molecule has 4 nitrogen and oxygen atoms in total. The molecule has 1 aromatic rings. The molecule has 106 valence electrons. The lowest BCUT2D eigenvalue weighted by atomic mass is 10.0. The van der Waals surface area contributed by atoms with Gasteiger partial charge in [0, 0.05) is 22.3 Å². The zero-order valence-electron chi connectivity index (χ0n) is 11.4. The quantitative estimate of drug-likeness (QED) is 0.870. The second-order valence-electron chi connectivity index (χ2n) is 4.92. The number of aryl methyl sites for hydroxylation is 1. The van der Waals surface area contributed by atoms with Crippen LogP contribution in [0.2, 0.25) is 0 Å². The van der Waals surface area contributed by atoms with Gasteiger partial charge in [-0.3, -0.25) is 4.79 Å². The molecule has 0 aliphatic rings. The summed E-state index contributed by atoms with van der Waals surface area (Å²) in [5.74, 6) is 0.115. The monoisotopic (exact) mass is 303 g/mol. The normalized spacial score (nSPS) is 13.4. The van der Waals surface area contributed by atoms with Crippen LogP contribution in [-0.2, 0) is 9.05 Å². The van der Waals surface area contributed by atoms with Crippen LogP contribution in [0.25, 0.3) is 0 Å². The van der Waals surface area contributed by atoms with Gasteiger partial charge in [0.2, 0.25) is 0 Å². The van der Waals surface area contributed by atoms with E-state index in [1.807, 2.05) is 20.8 Å². The molecule has 1 unspecified atom stereocenters. The SMILES string of the molecule is Cc1cc(S(=O)(=O)Cl)ccc1C(=O)NC(C)C(C)C. The van der Waals surface area contributed by atoms with Gasteiger partial charge in [0.15, 0.2) is 0 Å². The van der Waals surface area contributed by atoms with E-state index in [1.54, 1.807) is 6.92 Å². The maximum absolute atomic E-state index is 12.0. The van der Waals surface area contributed by atoms with Crippen LogP contribution in [0.3, 0.4) is 0 Å². The Hall–Kier alpha value is -1.07. The molecule has 0 aromatic heterocycles. The Morgan fingerprint density at radius 3 is 2.26 bits per heavy atom. The average Bonchev–Trinajstić information content (AvgIpc) is 2.27. The lowest BCUT2D eigenvalue weighted by Gasteiger charge is -2.18. The summed E-state index contributed by atoms with van der Waals surface area (Å²) in [5, 5.41) is 2.87. The molecule has 0 bridgehead atoms. The van der Waals surface area contributed by atoms with Crippen molar-refractivity contribution in [2.24, 2.45) is 5.92 Å². The number of carbonyl (C=O) groups excluding carboxylic acids is 1. The fourth-order valence-electron chi connectivity index (χ4n) is 1.49. The van der Waals surface area contributed by atoms with Gasteiger partial charge in [0.25, 0.3) is 15.0 Å². The van der Waals surface area contributed by atoms with Crippen molar-refractivity contribution in [3.05, 3.63) is 29.3 Å². The van der Waals surface area contributed by atoms with Gasteiger partial charge in [-0.1, -0.05) is 13.8 Å². The zero-order chi connectivity index (χ0) is 14.8. The highest BCUT2D eigenvalue weighted by atomic mass is 35.7. The summed E-state index contributed by atoms with van der Waals surface area (Å²) in [6.07, 6.45) is 0. The van der Waals surface area contributed by atoms with Gasteiger partial charge in [-0.25, -0.2) is 8.42 Å². The van der Waals surface area contributed by atoms with Crippen LogP contribution in [0.1, 0.15) is 36.7 Å². The Bertz CT molecular complexity index is 582. The fourth-order valence-corrected chi connectivity index (χ4v) is 2.33. The number of halogens is 1. The number of carbonyl (C=O) groups is 1. The second-order valence-corrected chi connectivity index (χ2v) is 7.49. The number of amides is 1. The first-order chi connectivity index (χ1) is 8.62. The molecule has 0 heterocycles. The lowest BCUT2D eigenvalue weighted by Crippen LogP contribution is -2.36. The molecule has 0 fully saturated rings. The third kappa shape index (κ3) is 4.21. The predicted octanol–water partition coefficient (Wildman–Crippen LogP) is 2.70. The van der Waals surface area contributed by atoms with Crippen molar-refractivity contribution in [3.8, 4) is 0 Å². The Morgan fingerprint density at radius 1 is 1.26 bits per heavy atom. The Balaban J connectivity index is 3.01. The van der Waals surface area contributed by atoms with E-state index < -0.39 is 9.05 Å². The molecular formula is C13H18ClNO3S. The van der Waals surface area contributed by atoms with E-state index >= 15 is 0 Å². The molecule has 0 aliphatic carbocycles. The van der Waals surface area contributed by atoms with E-state index in [-0.39, 0.29) is 16.8 Å². The molecule has 0 radical (unpaired) electrons. The van der Waals surface area contributed by atoms with Gasteiger partial charge < -0.3 is 5.32 Å². The summed E-state index contributed by atoms with van der Waals surface area (Å²) < 4.78 is 22.4. The maximum Gasteiger partial charge on any atom is 0.261 e. The number of hydrogen-bond donors (Lipinski definition) is 1. The van der Waals surface area contributed by atoms with E-state index in [1.165, 1.54) is 18.2 Å². The topological polar surface area (TPSA) is 63.2 Å². The van der Waals surface area contributed by atoms with Crippen molar-refractivity contribution >= 4 is 25.6 Å². The zero-order valence-corrected chi connectivity index (χ0v) is 13.0. The highest BCUT2D eigenvalue weighted by Crippen LogP contribution is 2.19. The van der Waals surface area contributed by atoms with Crippen LogP contribution >= 0.6 is 10.7 Å². The van der Waals surface area contributed by atoms with Crippen molar-refractivity contribution in [1.82, 2.24) is 5.32 Å². The number of benzene rings is 1. The van der Waals surface area contributed by atoms with E-state index in [0.29, 0.717) is 17.0 Å². The third-order valence-corrected chi connectivity index (χ3v) is 4.43. The summed E-state index contributed by atoms with van der Waals surface area (Å²) in [6.45, 7) is 7.64. The van der Waals surface area contributed by atoms with Crippen LogP contribution in [-0.4, -0.2) is 20.4 Å². The minimum absolute atomic E-state index is 0.000115. The van der Waals surface area contributed by atoms with Crippen molar-refractivity contribution < 1.29 is 13.2 Å². The van der Waals surface area contributed by atoms with Gasteiger partial charge >= 0.3 is 0 Å². The highest BCUT2D eigenvalue weighted by Gasteiger charge is 2.17. The number of nitrogens with one attached hydrogen (secondary N) is 1. The molecular weight excluding hydrogens is 286 g/mol. The van der Waals surface area contributed by atoms with Gasteiger partial charge in [0.1, 0.15) is 0 Å². The second kappa shape index (κ2) is 5.92. The van der Waals surface area contributed by atoms with Crippen LogP contribution in [0.5, 0.6) is 0 Å². The molecule has 6 heteroatoms. The number of rotatable bonds is 4. The number of hydrogen-bond acceptors (Lipinski definition) is 3. The van der Waals surface area contributed by atoms with Gasteiger partial charge in [-0.05, 0) is 43.5 Å². The Kier molecular flexibility index (Phi) is 4.98. The molecule has 0 saturated heterocycles. The average molecular weight is 304 g/mol. The van der Waals surface area contributed by atoms with Gasteiger partial charge in [-0.2, -0.15) is 0 Å². The van der Waals surface area contributed by atoms with Crippen molar-refractivity contribution in [3.63, 3.8) is 0 Å². The molecule has 0 saturated carbocycles. The summed E-state index contributed by atoms with van der Waals surface area (Å²) in [7, 11) is 1.50. The van der Waals surface area contributed by atoms with E-state index in [0.717, 1.165) is 0 Å². The van der Waals surface area contributed by atoms with Crippen LogP contribution < -0.4 is 5.32 Å². The minimum Gasteiger partial charge on any atom is -0.349 e. The van der Waals surface area contributed by atoms with Crippen molar-refractivity contribution in [2.75, 3.05) is 0 Å². The first-order valence-corrected chi connectivity index (χ1v) is 8.30. The van der Waals surface area contributed by atoms with Gasteiger partial charge in [-0.15, -0.1) is 0 Å². The first kappa shape index (κ1) is 16.0. The molecule has 0 spiro atoms. The maximum atomic E-state index is 12.0. The van der Waals surface area contributed by atoms with Crippen molar-refractivity contribution in [2.45, 2.75) is 38.6 Å². The molecule has 0 aliphatic heterocycles. The van der Waals surface area contributed by atoms with Crippen molar-refractivity contribution in [1.29, 1.82) is 0 Å².